The van der Waals surface area contributed by atoms with Gasteiger partial charge in [0, 0.05) is 49.3 Å². The Hall–Kier alpha value is -9.58. The van der Waals surface area contributed by atoms with Crippen molar-refractivity contribution < 1.29 is 0 Å². The molecule has 0 radical (unpaired) electrons. The van der Waals surface area contributed by atoms with Crippen LogP contribution in [-0.2, 0) is 0 Å². The molecule has 0 aliphatic rings. The minimum atomic E-state index is 0.798. The normalized spacial score (nSPS) is 11.9. The molecule has 0 aliphatic heterocycles. The summed E-state index contributed by atoms with van der Waals surface area (Å²) in [7, 11) is 0. The second-order valence-corrected chi connectivity index (χ2v) is 18.5. The summed E-state index contributed by atoms with van der Waals surface area (Å²) in [4.78, 5) is 11.0. The topological polar surface area (TPSA) is 40.6 Å². The molecular formula is C66H41N5. The van der Waals surface area contributed by atoms with Crippen molar-refractivity contribution in [2.45, 2.75) is 0 Å². The minimum Gasteiger partial charge on any atom is -0.309 e. The van der Waals surface area contributed by atoms with Gasteiger partial charge in [-0.05, 0) is 106 Å². The molecular weight excluding hydrogens is 863 g/mol. The van der Waals surface area contributed by atoms with E-state index in [0.29, 0.717) is 0 Å². The first-order valence-corrected chi connectivity index (χ1v) is 24.2. The summed E-state index contributed by atoms with van der Waals surface area (Å²) in [6.07, 6.45) is 0. The third kappa shape index (κ3) is 6.00. The van der Waals surface area contributed by atoms with E-state index < -0.39 is 0 Å². The minimum absolute atomic E-state index is 0.798. The zero-order valence-electron chi connectivity index (χ0n) is 38.4. The molecule has 0 atom stereocenters. The molecule has 71 heavy (non-hydrogen) atoms. The van der Waals surface area contributed by atoms with Gasteiger partial charge in [0.2, 0.25) is 0 Å². The van der Waals surface area contributed by atoms with Crippen LogP contribution in [0.3, 0.4) is 0 Å². The van der Waals surface area contributed by atoms with Crippen LogP contribution in [0.4, 0.5) is 0 Å². The van der Waals surface area contributed by atoms with Gasteiger partial charge in [0.1, 0.15) is 5.69 Å². The third-order valence-electron chi connectivity index (χ3n) is 14.6. The molecule has 5 heteroatoms. The summed E-state index contributed by atoms with van der Waals surface area (Å²) in [6.45, 7) is 0. The van der Waals surface area contributed by atoms with Crippen molar-refractivity contribution in [2.75, 3.05) is 0 Å². The van der Waals surface area contributed by atoms with Crippen LogP contribution >= 0.6 is 0 Å². The molecule has 0 amide bonds. The summed E-state index contributed by atoms with van der Waals surface area (Å²) in [5, 5.41) is 9.51. The maximum absolute atomic E-state index is 5.52. The molecule has 0 saturated carbocycles. The molecule has 4 aromatic heterocycles. The van der Waals surface area contributed by atoms with Crippen LogP contribution in [0.2, 0.25) is 0 Å². The molecule has 0 saturated heterocycles. The quantitative estimate of drug-likeness (QED) is 0.167. The van der Waals surface area contributed by atoms with E-state index in [4.69, 9.17) is 9.97 Å². The Kier molecular flexibility index (Phi) is 8.59. The van der Waals surface area contributed by atoms with Crippen LogP contribution in [-0.4, -0.2) is 23.7 Å². The summed E-state index contributed by atoms with van der Waals surface area (Å²) in [5.41, 5.74) is 17.3. The van der Waals surface area contributed by atoms with Crippen LogP contribution in [0.15, 0.2) is 249 Å². The first-order chi connectivity index (χ1) is 35.2. The zero-order chi connectivity index (χ0) is 46.6. The van der Waals surface area contributed by atoms with Gasteiger partial charge in [-0.15, -0.1) is 0 Å². The summed E-state index contributed by atoms with van der Waals surface area (Å²) < 4.78 is 7.27. The zero-order valence-corrected chi connectivity index (χ0v) is 38.4. The molecule has 0 spiro atoms. The molecule has 0 unspecified atom stereocenters. The monoisotopic (exact) mass is 903 g/mol. The summed E-state index contributed by atoms with van der Waals surface area (Å²) in [5.74, 6) is 0.798. The Morgan fingerprint density at radius 1 is 0.268 bits per heavy atom. The van der Waals surface area contributed by atoms with Gasteiger partial charge in [-0.25, -0.2) is 9.97 Å². The number of hydrogen-bond acceptors (Lipinski definition) is 2. The number of hydrogen-bond donors (Lipinski definition) is 0. The van der Waals surface area contributed by atoms with E-state index in [1.54, 1.807) is 0 Å². The highest BCUT2D eigenvalue weighted by Crippen LogP contribution is 2.45. The fourth-order valence-electron chi connectivity index (χ4n) is 11.5. The Labute approximate surface area is 408 Å². The molecule has 4 heterocycles. The van der Waals surface area contributed by atoms with Crippen LogP contribution in [0.25, 0.3) is 138 Å². The van der Waals surface area contributed by atoms with E-state index in [0.717, 1.165) is 88.6 Å². The van der Waals surface area contributed by atoms with Crippen molar-refractivity contribution in [3.8, 4) is 50.7 Å². The maximum atomic E-state index is 5.52. The Bertz CT molecular complexity index is 4570. The van der Waals surface area contributed by atoms with E-state index >= 15 is 0 Å². The van der Waals surface area contributed by atoms with Gasteiger partial charge in [-0.2, -0.15) is 0 Å². The average molecular weight is 904 g/mol. The maximum Gasteiger partial charge on any atom is 0.165 e. The second kappa shape index (κ2) is 15.5. The molecule has 11 aromatic carbocycles. The molecule has 0 N–H and O–H groups in total. The fourth-order valence-corrected chi connectivity index (χ4v) is 11.5. The first-order valence-electron chi connectivity index (χ1n) is 24.2. The summed E-state index contributed by atoms with van der Waals surface area (Å²) in [6, 6.07) is 89.8. The molecule has 0 bridgehead atoms. The van der Waals surface area contributed by atoms with Crippen molar-refractivity contribution in [1.82, 2.24) is 23.7 Å². The van der Waals surface area contributed by atoms with Gasteiger partial charge in [0.05, 0.1) is 44.1 Å². The van der Waals surface area contributed by atoms with Crippen molar-refractivity contribution in [3.05, 3.63) is 249 Å². The summed E-state index contributed by atoms with van der Waals surface area (Å²) >= 11 is 0. The van der Waals surface area contributed by atoms with Gasteiger partial charge in [-0.3, -0.25) is 4.57 Å². The number of aromatic nitrogens is 5. The van der Waals surface area contributed by atoms with E-state index in [2.05, 4.69) is 250 Å². The van der Waals surface area contributed by atoms with Crippen LogP contribution in [0, 0.1) is 0 Å². The van der Waals surface area contributed by atoms with Crippen molar-refractivity contribution in [1.29, 1.82) is 0 Å². The van der Waals surface area contributed by atoms with Gasteiger partial charge < -0.3 is 9.13 Å². The molecule has 5 nitrogen and oxygen atoms in total. The SMILES string of the molecule is c1ccc(-c2cc(-c3ccccc3)cc(-n3c4ccccc4c4c5c6ccccc6n(-c6ccc7c8ccccc8n(-c8nc9ccccc9nc8-c8cccc9ccccc89)c7c6)c5ccc43)c2)cc1. The van der Waals surface area contributed by atoms with Gasteiger partial charge in [0.15, 0.2) is 5.82 Å². The van der Waals surface area contributed by atoms with Crippen LogP contribution < -0.4 is 0 Å². The van der Waals surface area contributed by atoms with E-state index in [1.165, 1.54) is 49.3 Å². The average Bonchev–Trinajstić information content (AvgIpc) is 4.08. The Morgan fingerprint density at radius 2 is 0.761 bits per heavy atom. The molecule has 0 fully saturated rings. The molecule has 330 valence electrons. The lowest BCUT2D eigenvalue weighted by molar-refractivity contribution is 1.08. The predicted molar refractivity (Wildman–Crippen MR) is 296 cm³/mol. The van der Waals surface area contributed by atoms with Crippen LogP contribution in [0.5, 0.6) is 0 Å². The lowest BCUT2D eigenvalue weighted by Crippen LogP contribution is -2.04. The lowest BCUT2D eigenvalue weighted by atomic mass is 9.98. The van der Waals surface area contributed by atoms with Gasteiger partial charge in [0.25, 0.3) is 0 Å². The van der Waals surface area contributed by atoms with E-state index in [-0.39, 0.29) is 0 Å². The highest BCUT2D eigenvalue weighted by Gasteiger charge is 2.24. The number of para-hydroxylation sites is 5. The Balaban J connectivity index is 1.00. The molecule has 15 aromatic rings. The smallest absolute Gasteiger partial charge is 0.165 e. The highest BCUT2D eigenvalue weighted by molar-refractivity contribution is 6.29. The van der Waals surface area contributed by atoms with Gasteiger partial charge >= 0.3 is 0 Å². The highest BCUT2D eigenvalue weighted by atomic mass is 15.1. The van der Waals surface area contributed by atoms with Crippen molar-refractivity contribution in [3.63, 3.8) is 0 Å². The molecule has 15 rings (SSSR count). The number of nitrogens with zero attached hydrogens (tertiary/aromatic N) is 5. The second-order valence-electron chi connectivity index (χ2n) is 18.5. The third-order valence-corrected chi connectivity index (χ3v) is 14.6. The number of fused-ring (bicyclic) bond motifs is 12. The van der Waals surface area contributed by atoms with Gasteiger partial charge in [-0.1, -0.05) is 176 Å². The largest absolute Gasteiger partial charge is 0.309 e. The molecule has 0 aliphatic carbocycles. The van der Waals surface area contributed by atoms with Crippen LogP contribution in [0.1, 0.15) is 0 Å². The fraction of sp³-hybridized carbons (Fsp3) is 0. The van der Waals surface area contributed by atoms with Crippen molar-refractivity contribution in [2.24, 2.45) is 0 Å². The predicted octanol–water partition coefficient (Wildman–Crippen LogP) is 17.1. The standard InChI is InChI=1S/C66H41N5/c1-3-18-42(19-4-1)45-38-46(43-20-5-2-6-21-43)40-48(39-45)70-59-33-16-11-27-54(59)64-61(70)37-36-60-63(64)53-26-10-15-32-58(53)69(60)47-34-35-51-50-25-9-14-31-57(50)71(62(51)41-47)66-65(67-55-29-12-13-30-56(55)68-66)52-28-17-23-44-22-7-8-24-49(44)52/h1-41H. The Morgan fingerprint density at radius 3 is 1.41 bits per heavy atom. The number of benzene rings is 11. The van der Waals surface area contributed by atoms with Crippen molar-refractivity contribution >= 4 is 87.2 Å². The lowest BCUT2D eigenvalue weighted by Gasteiger charge is -2.16. The number of rotatable bonds is 6. The van der Waals surface area contributed by atoms with E-state index in [1.807, 2.05) is 12.1 Å². The van der Waals surface area contributed by atoms with E-state index in [9.17, 15) is 0 Å². The first kappa shape index (κ1) is 39.4.